The Bertz CT molecular complexity index is 1000. The SMILES string of the molecule is C=CCn1c(=NC(=O)c2ccccc2SC)sc2cc(OC)ccc21. The van der Waals surface area contributed by atoms with Crippen LogP contribution in [0.3, 0.4) is 0 Å². The monoisotopic (exact) mass is 370 g/mol. The van der Waals surface area contributed by atoms with Gasteiger partial charge >= 0.3 is 0 Å². The summed E-state index contributed by atoms with van der Waals surface area (Å²) in [6.07, 6.45) is 3.76. The molecule has 0 atom stereocenters. The molecule has 2 aromatic carbocycles. The summed E-state index contributed by atoms with van der Waals surface area (Å²) in [6.45, 7) is 4.40. The number of ether oxygens (including phenoxy) is 1. The average molecular weight is 370 g/mol. The van der Waals surface area contributed by atoms with Crippen LogP contribution in [0, 0.1) is 0 Å². The molecule has 0 aliphatic rings. The van der Waals surface area contributed by atoms with Crippen LogP contribution in [-0.2, 0) is 6.54 Å². The second-order valence-electron chi connectivity index (χ2n) is 5.23. The van der Waals surface area contributed by atoms with Crippen molar-refractivity contribution in [3.63, 3.8) is 0 Å². The van der Waals surface area contributed by atoms with Crippen LogP contribution in [-0.4, -0.2) is 23.8 Å². The highest BCUT2D eigenvalue weighted by atomic mass is 32.2. The Balaban J connectivity index is 2.16. The maximum atomic E-state index is 12.7. The van der Waals surface area contributed by atoms with Crippen molar-refractivity contribution in [3.05, 3.63) is 65.5 Å². The lowest BCUT2D eigenvalue weighted by Crippen LogP contribution is -2.16. The topological polar surface area (TPSA) is 43.6 Å². The Hall–Kier alpha value is -2.31. The first-order valence-corrected chi connectivity index (χ1v) is 9.72. The average Bonchev–Trinajstić information content (AvgIpc) is 2.98. The summed E-state index contributed by atoms with van der Waals surface area (Å²) < 4.78 is 8.30. The van der Waals surface area contributed by atoms with Crippen LogP contribution in [0.15, 0.2) is 65.0 Å². The number of nitrogens with zero attached hydrogens (tertiary/aromatic N) is 2. The van der Waals surface area contributed by atoms with Gasteiger partial charge in [-0.25, -0.2) is 0 Å². The predicted octanol–water partition coefficient (Wildman–Crippen LogP) is 4.36. The maximum Gasteiger partial charge on any atom is 0.280 e. The van der Waals surface area contributed by atoms with Crippen molar-refractivity contribution < 1.29 is 9.53 Å². The molecule has 0 bridgehead atoms. The zero-order valence-corrected chi connectivity index (χ0v) is 15.7. The highest BCUT2D eigenvalue weighted by molar-refractivity contribution is 7.98. The second kappa shape index (κ2) is 7.72. The van der Waals surface area contributed by atoms with Crippen LogP contribution in [0.5, 0.6) is 5.75 Å². The number of fused-ring (bicyclic) bond motifs is 1. The van der Waals surface area contributed by atoms with Crippen molar-refractivity contribution >= 4 is 39.2 Å². The third-order valence-corrected chi connectivity index (χ3v) is 5.57. The molecule has 6 heteroatoms. The van der Waals surface area contributed by atoms with Crippen molar-refractivity contribution in [3.8, 4) is 5.75 Å². The molecular weight excluding hydrogens is 352 g/mol. The van der Waals surface area contributed by atoms with Crippen LogP contribution in [0.2, 0.25) is 0 Å². The van der Waals surface area contributed by atoms with E-state index in [0.29, 0.717) is 16.9 Å². The van der Waals surface area contributed by atoms with Gasteiger partial charge in [-0.2, -0.15) is 4.99 Å². The molecule has 0 radical (unpaired) electrons. The van der Waals surface area contributed by atoms with E-state index in [1.807, 2.05) is 53.3 Å². The van der Waals surface area contributed by atoms with Gasteiger partial charge in [0.2, 0.25) is 0 Å². The quantitative estimate of drug-likeness (QED) is 0.495. The van der Waals surface area contributed by atoms with Gasteiger partial charge in [-0.05, 0) is 36.6 Å². The fourth-order valence-electron chi connectivity index (χ4n) is 2.54. The number of hydrogen-bond acceptors (Lipinski definition) is 4. The molecule has 0 aliphatic heterocycles. The number of benzene rings is 2. The number of aromatic nitrogens is 1. The molecule has 4 nitrogen and oxygen atoms in total. The van der Waals surface area contributed by atoms with Crippen LogP contribution in [0.4, 0.5) is 0 Å². The molecular formula is C19H18N2O2S2. The maximum absolute atomic E-state index is 12.7. The van der Waals surface area contributed by atoms with E-state index in [0.717, 1.165) is 20.9 Å². The van der Waals surface area contributed by atoms with Crippen molar-refractivity contribution in [1.29, 1.82) is 0 Å². The standard InChI is InChI=1S/C19H18N2O2S2/c1-4-11-21-15-10-9-13(23-2)12-17(15)25-19(21)20-18(22)14-7-5-6-8-16(14)24-3/h4-10,12H,1,11H2,2-3H3. The molecule has 25 heavy (non-hydrogen) atoms. The summed E-state index contributed by atoms with van der Waals surface area (Å²) in [5, 5.41) is 0. The highest BCUT2D eigenvalue weighted by Gasteiger charge is 2.12. The van der Waals surface area contributed by atoms with Gasteiger partial charge in [-0.3, -0.25) is 4.79 Å². The molecule has 1 aromatic heterocycles. The van der Waals surface area contributed by atoms with Crippen LogP contribution < -0.4 is 9.54 Å². The number of carbonyl (C=O) groups excluding carboxylic acids is 1. The minimum Gasteiger partial charge on any atom is -0.497 e. The lowest BCUT2D eigenvalue weighted by Gasteiger charge is -2.03. The fraction of sp³-hybridized carbons (Fsp3) is 0.158. The molecule has 1 heterocycles. The highest BCUT2D eigenvalue weighted by Crippen LogP contribution is 2.24. The van der Waals surface area contributed by atoms with Gasteiger partial charge in [0.15, 0.2) is 4.80 Å². The van der Waals surface area contributed by atoms with Crippen molar-refractivity contribution in [2.24, 2.45) is 4.99 Å². The van der Waals surface area contributed by atoms with E-state index in [2.05, 4.69) is 11.6 Å². The second-order valence-corrected chi connectivity index (χ2v) is 7.09. The fourth-order valence-corrected chi connectivity index (χ4v) is 4.20. The molecule has 0 N–H and O–H groups in total. The summed E-state index contributed by atoms with van der Waals surface area (Å²) >= 11 is 3.01. The Labute approximate surface area is 154 Å². The lowest BCUT2D eigenvalue weighted by molar-refractivity contribution is 0.0995. The number of thiazole rings is 1. The molecule has 0 saturated heterocycles. The Morgan fingerprint density at radius 2 is 2.16 bits per heavy atom. The van der Waals surface area contributed by atoms with Crippen LogP contribution in [0.25, 0.3) is 10.2 Å². The number of amides is 1. The zero-order chi connectivity index (χ0) is 17.8. The summed E-state index contributed by atoms with van der Waals surface area (Å²) in [4.78, 5) is 18.7. The number of carbonyl (C=O) groups is 1. The lowest BCUT2D eigenvalue weighted by atomic mass is 10.2. The third-order valence-electron chi connectivity index (χ3n) is 3.74. The minimum absolute atomic E-state index is 0.235. The number of hydrogen-bond donors (Lipinski definition) is 0. The van der Waals surface area contributed by atoms with Gasteiger partial charge in [0.05, 0.1) is 22.9 Å². The van der Waals surface area contributed by atoms with E-state index in [1.165, 1.54) is 11.3 Å². The Kier molecular flexibility index (Phi) is 5.40. The summed E-state index contributed by atoms with van der Waals surface area (Å²) in [5.41, 5.74) is 1.63. The Morgan fingerprint density at radius 3 is 2.88 bits per heavy atom. The minimum atomic E-state index is -0.235. The van der Waals surface area contributed by atoms with Crippen molar-refractivity contribution in [2.45, 2.75) is 11.4 Å². The van der Waals surface area contributed by atoms with Crippen LogP contribution >= 0.6 is 23.1 Å². The molecule has 0 unspecified atom stereocenters. The number of thioether (sulfide) groups is 1. The van der Waals surface area contributed by atoms with Gasteiger partial charge in [0.1, 0.15) is 5.75 Å². The summed E-state index contributed by atoms with van der Waals surface area (Å²) in [5.74, 6) is 0.548. The van der Waals surface area contributed by atoms with Crippen molar-refractivity contribution in [2.75, 3.05) is 13.4 Å². The smallest absolute Gasteiger partial charge is 0.280 e. The van der Waals surface area contributed by atoms with Gasteiger partial charge in [-0.1, -0.05) is 29.5 Å². The normalized spacial score (nSPS) is 11.7. The van der Waals surface area contributed by atoms with Gasteiger partial charge in [0, 0.05) is 11.4 Å². The first kappa shape index (κ1) is 17.5. The number of allylic oxidation sites excluding steroid dienone is 1. The third kappa shape index (κ3) is 3.55. The largest absolute Gasteiger partial charge is 0.497 e. The van der Waals surface area contributed by atoms with Gasteiger partial charge in [-0.15, -0.1) is 18.3 Å². The van der Waals surface area contributed by atoms with E-state index in [4.69, 9.17) is 4.74 Å². The van der Waals surface area contributed by atoms with Crippen LogP contribution in [0.1, 0.15) is 10.4 Å². The molecule has 0 aliphatic carbocycles. The zero-order valence-electron chi connectivity index (χ0n) is 14.1. The first-order valence-electron chi connectivity index (χ1n) is 7.68. The van der Waals surface area contributed by atoms with E-state index in [9.17, 15) is 4.79 Å². The molecule has 0 fully saturated rings. The molecule has 128 valence electrons. The van der Waals surface area contributed by atoms with Gasteiger partial charge in [0.25, 0.3) is 5.91 Å². The molecule has 0 spiro atoms. The molecule has 1 amide bonds. The molecule has 3 aromatic rings. The van der Waals surface area contributed by atoms with E-state index in [-0.39, 0.29) is 5.91 Å². The first-order chi connectivity index (χ1) is 12.2. The summed E-state index contributed by atoms with van der Waals surface area (Å²) in [7, 11) is 1.64. The van der Waals surface area contributed by atoms with Crippen molar-refractivity contribution in [1.82, 2.24) is 4.57 Å². The number of rotatable bonds is 5. The molecule has 3 rings (SSSR count). The van der Waals surface area contributed by atoms with E-state index in [1.54, 1.807) is 24.9 Å². The Morgan fingerprint density at radius 1 is 1.36 bits per heavy atom. The summed E-state index contributed by atoms with van der Waals surface area (Å²) in [6, 6.07) is 13.4. The van der Waals surface area contributed by atoms with Gasteiger partial charge < -0.3 is 9.30 Å². The van der Waals surface area contributed by atoms with E-state index < -0.39 is 0 Å². The number of methoxy groups -OCH3 is 1. The van der Waals surface area contributed by atoms with E-state index >= 15 is 0 Å². The molecule has 0 saturated carbocycles. The predicted molar refractivity (Wildman–Crippen MR) is 105 cm³/mol.